The van der Waals surface area contributed by atoms with Crippen molar-refractivity contribution in [2.75, 3.05) is 0 Å². The largest absolute Gasteiger partial charge is 0.366 e. The summed E-state index contributed by atoms with van der Waals surface area (Å²) in [5.41, 5.74) is 18.5. The number of hydrogen-bond donors (Lipinski definition) is 2. The predicted octanol–water partition coefficient (Wildman–Crippen LogP) is 15.7. The van der Waals surface area contributed by atoms with Gasteiger partial charge in [0.05, 0.1) is 17.1 Å². The summed E-state index contributed by atoms with van der Waals surface area (Å²) in [7, 11) is 0. The molecule has 13 rings (SSSR count). The lowest BCUT2D eigenvalue weighted by molar-refractivity contribution is 0.442. The summed E-state index contributed by atoms with van der Waals surface area (Å²) in [5.74, 6) is 0. The minimum Gasteiger partial charge on any atom is -0.366 e. The van der Waals surface area contributed by atoms with Gasteiger partial charge in [0, 0.05) is 27.6 Å². The standard InChI is InChI=1S/C63H47N3/c1-63(2)59-52-23-12-10-20-49(52)48-19-9-11-22-51(48)58(59)54-38-37-53-50-21-13-14-24-57(50)66(61(53)60(54)63)47-35-33-43(34-36-47)42-27-31-45(32-28-42)56-39-55(64-62(65-56)46-17-7-4-8-18-46)44-29-25-41(26-30-44)40-15-5-3-6-16-40/h3-39,56,62,64-65H,1-2H3. The Hall–Kier alpha value is -7.98. The first-order valence-corrected chi connectivity index (χ1v) is 23.2. The van der Waals surface area contributed by atoms with E-state index in [4.69, 9.17) is 0 Å². The third-order valence-corrected chi connectivity index (χ3v) is 14.4. The topological polar surface area (TPSA) is 29.0 Å². The lowest BCUT2D eigenvalue weighted by atomic mass is 9.78. The van der Waals surface area contributed by atoms with Crippen LogP contribution in [0.2, 0.25) is 0 Å². The first-order valence-electron chi connectivity index (χ1n) is 23.2. The number of benzene rings is 10. The number of nitrogens with one attached hydrogen (secondary N) is 2. The van der Waals surface area contributed by atoms with Crippen LogP contribution in [0, 0.1) is 0 Å². The molecule has 0 saturated heterocycles. The molecule has 11 aromatic rings. The Balaban J connectivity index is 0.869. The van der Waals surface area contributed by atoms with Gasteiger partial charge in [0.25, 0.3) is 0 Å². The third-order valence-electron chi connectivity index (χ3n) is 14.4. The first-order chi connectivity index (χ1) is 32.5. The molecule has 0 spiro atoms. The number of rotatable bonds is 6. The van der Waals surface area contributed by atoms with Crippen LogP contribution >= 0.6 is 0 Å². The Labute approximate surface area is 385 Å². The van der Waals surface area contributed by atoms with Crippen molar-refractivity contribution >= 4 is 49.0 Å². The second-order valence-electron chi connectivity index (χ2n) is 18.5. The highest BCUT2D eigenvalue weighted by Crippen LogP contribution is 2.57. The zero-order valence-electron chi connectivity index (χ0n) is 37.0. The van der Waals surface area contributed by atoms with Gasteiger partial charge in [0.15, 0.2) is 0 Å². The van der Waals surface area contributed by atoms with Gasteiger partial charge in [-0.15, -0.1) is 0 Å². The van der Waals surface area contributed by atoms with E-state index >= 15 is 0 Å². The molecule has 66 heavy (non-hydrogen) atoms. The average Bonchev–Trinajstić information content (AvgIpc) is 3.85. The molecular weight excluding hydrogens is 799 g/mol. The highest BCUT2D eigenvalue weighted by molar-refractivity contribution is 6.21. The summed E-state index contributed by atoms with van der Waals surface area (Å²) in [6.07, 6.45) is 2.28. The van der Waals surface area contributed by atoms with E-state index in [1.165, 1.54) is 105 Å². The van der Waals surface area contributed by atoms with Crippen LogP contribution < -0.4 is 10.6 Å². The van der Waals surface area contributed by atoms with Crippen molar-refractivity contribution in [3.63, 3.8) is 0 Å². The molecule has 0 radical (unpaired) electrons. The molecule has 314 valence electrons. The van der Waals surface area contributed by atoms with Gasteiger partial charge in [-0.05, 0) is 107 Å². The van der Waals surface area contributed by atoms with E-state index in [1.54, 1.807) is 0 Å². The predicted molar refractivity (Wildman–Crippen MR) is 277 cm³/mol. The van der Waals surface area contributed by atoms with E-state index in [0.29, 0.717) is 0 Å². The zero-order valence-corrected chi connectivity index (χ0v) is 37.0. The van der Waals surface area contributed by atoms with Crippen molar-refractivity contribution in [2.45, 2.75) is 31.5 Å². The normalized spacial score (nSPS) is 16.3. The molecule has 1 aliphatic heterocycles. The van der Waals surface area contributed by atoms with E-state index in [0.717, 1.165) is 11.4 Å². The molecule has 3 heteroatoms. The molecular formula is C63H47N3. The molecule has 0 amide bonds. The van der Waals surface area contributed by atoms with E-state index in [-0.39, 0.29) is 17.6 Å². The lowest BCUT2D eigenvalue weighted by Gasteiger charge is -2.33. The lowest BCUT2D eigenvalue weighted by Crippen LogP contribution is -2.39. The fraction of sp³-hybridized carbons (Fsp3) is 0.0794. The van der Waals surface area contributed by atoms with Gasteiger partial charge in [-0.1, -0.05) is 214 Å². The Morgan fingerprint density at radius 2 is 0.939 bits per heavy atom. The second kappa shape index (κ2) is 15.1. The van der Waals surface area contributed by atoms with Crippen molar-refractivity contribution in [1.29, 1.82) is 0 Å². The second-order valence-corrected chi connectivity index (χ2v) is 18.5. The quantitative estimate of drug-likeness (QED) is 0.163. The van der Waals surface area contributed by atoms with E-state index in [1.807, 2.05) is 0 Å². The van der Waals surface area contributed by atoms with Crippen LogP contribution in [0.1, 0.15) is 53.9 Å². The van der Waals surface area contributed by atoms with Gasteiger partial charge < -0.3 is 9.88 Å². The Morgan fingerprint density at radius 1 is 0.409 bits per heavy atom. The minimum absolute atomic E-state index is 0.0140. The zero-order chi connectivity index (χ0) is 43.9. The smallest absolute Gasteiger partial charge is 0.104 e. The molecule has 10 aromatic carbocycles. The molecule has 1 aliphatic carbocycles. The van der Waals surface area contributed by atoms with Crippen LogP contribution in [0.3, 0.4) is 0 Å². The Kier molecular flexibility index (Phi) is 8.78. The van der Waals surface area contributed by atoms with Gasteiger partial charge in [-0.2, -0.15) is 0 Å². The molecule has 0 fully saturated rings. The SMILES string of the molecule is CC1(C)c2c(c3ccccc3c3ccccc23)-c2ccc3c4ccccc4n(-c4ccc(-c5ccc(C6C=C(c7ccc(-c8ccccc8)cc7)NC(c7ccccc7)N6)cc5)cc4)c3c21. The fourth-order valence-electron chi connectivity index (χ4n) is 11.4. The molecule has 2 atom stereocenters. The van der Waals surface area contributed by atoms with Crippen molar-refractivity contribution in [3.05, 3.63) is 252 Å². The van der Waals surface area contributed by atoms with Crippen LogP contribution in [-0.2, 0) is 5.41 Å². The van der Waals surface area contributed by atoms with Crippen molar-refractivity contribution in [3.8, 4) is 39.1 Å². The molecule has 2 heterocycles. The molecule has 0 bridgehead atoms. The number of para-hydroxylation sites is 1. The van der Waals surface area contributed by atoms with Crippen molar-refractivity contribution < 1.29 is 0 Å². The maximum atomic E-state index is 3.89. The van der Waals surface area contributed by atoms with Gasteiger partial charge >= 0.3 is 0 Å². The number of nitrogens with zero attached hydrogens (tertiary/aromatic N) is 1. The van der Waals surface area contributed by atoms with Crippen molar-refractivity contribution in [1.82, 2.24) is 15.2 Å². The fourth-order valence-corrected chi connectivity index (χ4v) is 11.4. The van der Waals surface area contributed by atoms with Crippen LogP contribution in [0.25, 0.3) is 88.1 Å². The molecule has 3 nitrogen and oxygen atoms in total. The molecule has 2 unspecified atom stereocenters. The van der Waals surface area contributed by atoms with Crippen LogP contribution in [0.4, 0.5) is 0 Å². The van der Waals surface area contributed by atoms with Gasteiger partial charge in [-0.3, -0.25) is 5.32 Å². The summed E-state index contributed by atoms with van der Waals surface area (Å²) in [6.45, 7) is 4.88. The number of aromatic nitrogens is 1. The number of hydrogen-bond acceptors (Lipinski definition) is 2. The maximum Gasteiger partial charge on any atom is 0.104 e. The Morgan fingerprint density at radius 3 is 1.64 bits per heavy atom. The number of fused-ring (bicyclic) bond motifs is 12. The molecule has 2 N–H and O–H groups in total. The molecule has 1 aromatic heterocycles. The molecule has 2 aliphatic rings. The highest BCUT2D eigenvalue weighted by atomic mass is 15.2. The monoisotopic (exact) mass is 845 g/mol. The van der Waals surface area contributed by atoms with E-state index < -0.39 is 0 Å². The van der Waals surface area contributed by atoms with Gasteiger partial charge in [0.1, 0.15) is 6.17 Å². The van der Waals surface area contributed by atoms with E-state index in [2.05, 4.69) is 254 Å². The summed E-state index contributed by atoms with van der Waals surface area (Å²) in [6, 6.07) is 80.1. The Bertz CT molecular complexity index is 3690. The van der Waals surface area contributed by atoms with Gasteiger partial charge in [0.2, 0.25) is 0 Å². The summed E-state index contributed by atoms with van der Waals surface area (Å²) < 4.78 is 2.53. The summed E-state index contributed by atoms with van der Waals surface area (Å²) >= 11 is 0. The summed E-state index contributed by atoms with van der Waals surface area (Å²) in [5, 5.41) is 15.6. The van der Waals surface area contributed by atoms with Crippen LogP contribution in [-0.4, -0.2) is 4.57 Å². The van der Waals surface area contributed by atoms with Crippen LogP contribution in [0.15, 0.2) is 224 Å². The average molecular weight is 846 g/mol. The highest BCUT2D eigenvalue weighted by Gasteiger charge is 2.41. The van der Waals surface area contributed by atoms with E-state index in [9.17, 15) is 0 Å². The van der Waals surface area contributed by atoms with Gasteiger partial charge in [-0.25, -0.2) is 0 Å². The maximum absolute atomic E-state index is 3.89. The minimum atomic E-state index is -0.241. The molecule has 0 saturated carbocycles. The first kappa shape index (κ1) is 38.5. The van der Waals surface area contributed by atoms with Crippen LogP contribution in [0.5, 0.6) is 0 Å². The van der Waals surface area contributed by atoms with Crippen molar-refractivity contribution in [2.24, 2.45) is 0 Å². The summed E-state index contributed by atoms with van der Waals surface area (Å²) in [4.78, 5) is 0. The third kappa shape index (κ3) is 6.01.